The van der Waals surface area contributed by atoms with Crippen molar-refractivity contribution < 1.29 is 4.79 Å². The normalized spacial score (nSPS) is 19.8. The summed E-state index contributed by atoms with van der Waals surface area (Å²) in [6.07, 6.45) is 0.915. The Morgan fingerprint density at radius 1 is 1.56 bits per heavy atom. The Hall–Kier alpha value is -1.06. The summed E-state index contributed by atoms with van der Waals surface area (Å²) in [6, 6.07) is 5.49. The SMILES string of the molecule is Cc1cc(Cl)ccc1NC(=O)C1CCNC1. The lowest BCUT2D eigenvalue weighted by molar-refractivity contribution is -0.119. The topological polar surface area (TPSA) is 41.1 Å². The van der Waals surface area contributed by atoms with Crippen LogP contribution in [0.5, 0.6) is 0 Å². The Labute approximate surface area is 100 Å². The molecule has 0 spiro atoms. The van der Waals surface area contributed by atoms with Crippen LogP contribution < -0.4 is 10.6 Å². The van der Waals surface area contributed by atoms with Gasteiger partial charge in [0, 0.05) is 17.3 Å². The van der Waals surface area contributed by atoms with Gasteiger partial charge in [-0.2, -0.15) is 0 Å². The van der Waals surface area contributed by atoms with E-state index in [0.29, 0.717) is 5.02 Å². The highest BCUT2D eigenvalue weighted by atomic mass is 35.5. The fourth-order valence-corrected chi connectivity index (χ4v) is 2.11. The van der Waals surface area contributed by atoms with Crippen molar-refractivity contribution in [2.75, 3.05) is 18.4 Å². The lowest BCUT2D eigenvalue weighted by Crippen LogP contribution is -2.24. The first-order valence-corrected chi connectivity index (χ1v) is 5.82. The molecule has 0 aromatic heterocycles. The van der Waals surface area contributed by atoms with Gasteiger partial charge in [-0.15, -0.1) is 0 Å². The number of benzene rings is 1. The maximum atomic E-state index is 11.9. The molecule has 2 N–H and O–H groups in total. The summed E-state index contributed by atoms with van der Waals surface area (Å²) in [4.78, 5) is 11.9. The molecular weight excluding hydrogens is 224 g/mol. The molecule has 4 heteroatoms. The van der Waals surface area contributed by atoms with E-state index >= 15 is 0 Å². The van der Waals surface area contributed by atoms with Crippen LogP contribution in [0.15, 0.2) is 18.2 Å². The molecule has 3 nitrogen and oxygen atoms in total. The molecule has 1 saturated heterocycles. The average Bonchev–Trinajstić information content (AvgIpc) is 2.75. The van der Waals surface area contributed by atoms with Crippen LogP contribution in [0.1, 0.15) is 12.0 Å². The number of carbonyl (C=O) groups excluding carboxylic acids is 1. The fourth-order valence-electron chi connectivity index (χ4n) is 1.88. The average molecular weight is 239 g/mol. The molecule has 1 atom stereocenters. The molecule has 1 unspecified atom stereocenters. The Balaban J connectivity index is 2.05. The fraction of sp³-hybridized carbons (Fsp3) is 0.417. The van der Waals surface area contributed by atoms with Crippen LogP contribution >= 0.6 is 11.6 Å². The van der Waals surface area contributed by atoms with Crippen molar-refractivity contribution in [1.29, 1.82) is 0 Å². The highest BCUT2D eigenvalue weighted by molar-refractivity contribution is 6.30. The van der Waals surface area contributed by atoms with Gasteiger partial charge < -0.3 is 10.6 Å². The quantitative estimate of drug-likeness (QED) is 0.830. The Morgan fingerprint density at radius 2 is 2.38 bits per heavy atom. The predicted octanol–water partition coefficient (Wildman–Crippen LogP) is 2.20. The zero-order valence-electron chi connectivity index (χ0n) is 9.22. The van der Waals surface area contributed by atoms with Gasteiger partial charge in [0.25, 0.3) is 0 Å². The van der Waals surface area contributed by atoms with Crippen LogP contribution in [-0.4, -0.2) is 19.0 Å². The van der Waals surface area contributed by atoms with E-state index in [1.54, 1.807) is 6.07 Å². The van der Waals surface area contributed by atoms with E-state index in [0.717, 1.165) is 30.8 Å². The van der Waals surface area contributed by atoms with Gasteiger partial charge >= 0.3 is 0 Å². The molecule has 1 aliphatic heterocycles. The third-order valence-corrected chi connectivity index (χ3v) is 3.11. The first-order chi connectivity index (χ1) is 7.66. The maximum absolute atomic E-state index is 11.9. The number of hydrogen-bond donors (Lipinski definition) is 2. The molecular formula is C12H15ClN2O. The highest BCUT2D eigenvalue weighted by Gasteiger charge is 2.22. The minimum Gasteiger partial charge on any atom is -0.326 e. The summed E-state index contributed by atoms with van der Waals surface area (Å²) >= 11 is 5.86. The molecule has 0 bridgehead atoms. The van der Waals surface area contributed by atoms with Crippen molar-refractivity contribution in [2.45, 2.75) is 13.3 Å². The molecule has 0 aliphatic carbocycles. The lowest BCUT2D eigenvalue weighted by Gasteiger charge is -2.12. The largest absolute Gasteiger partial charge is 0.326 e. The van der Waals surface area contributed by atoms with E-state index in [2.05, 4.69) is 10.6 Å². The number of amides is 1. The van der Waals surface area contributed by atoms with Crippen molar-refractivity contribution in [2.24, 2.45) is 5.92 Å². The van der Waals surface area contributed by atoms with Gasteiger partial charge in [-0.1, -0.05) is 11.6 Å². The summed E-state index contributed by atoms with van der Waals surface area (Å²) in [5, 5.41) is 6.82. The molecule has 86 valence electrons. The van der Waals surface area contributed by atoms with E-state index in [4.69, 9.17) is 11.6 Å². The van der Waals surface area contributed by atoms with Crippen molar-refractivity contribution in [3.05, 3.63) is 28.8 Å². The maximum Gasteiger partial charge on any atom is 0.228 e. The lowest BCUT2D eigenvalue weighted by atomic mass is 10.1. The minimum atomic E-state index is 0.0927. The second kappa shape index (κ2) is 4.85. The number of aryl methyl sites for hydroxylation is 1. The molecule has 1 aliphatic rings. The van der Waals surface area contributed by atoms with Gasteiger partial charge in [0.1, 0.15) is 0 Å². The third-order valence-electron chi connectivity index (χ3n) is 2.88. The molecule has 0 saturated carbocycles. The van der Waals surface area contributed by atoms with Gasteiger partial charge in [0.05, 0.1) is 5.92 Å². The van der Waals surface area contributed by atoms with Crippen LogP contribution in [0, 0.1) is 12.8 Å². The van der Waals surface area contributed by atoms with E-state index in [-0.39, 0.29) is 11.8 Å². The van der Waals surface area contributed by atoms with Crippen LogP contribution in [0.25, 0.3) is 0 Å². The molecule has 0 radical (unpaired) electrons. The third kappa shape index (κ3) is 2.54. The van der Waals surface area contributed by atoms with Crippen molar-refractivity contribution in [3.8, 4) is 0 Å². The van der Waals surface area contributed by atoms with Crippen LogP contribution in [-0.2, 0) is 4.79 Å². The second-order valence-electron chi connectivity index (χ2n) is 4.14. The summed E-state index contributed by atoms with van der Waals surface area (Å²) < 4.78 is 0. The van der Waals surface area contributed by atoms with Crippen LogP contribution in [0.4, 0.5) is 5.69 Å². The van der Waals surface area contributed by atoms with E-state index in [9.17, 15) is 4.79 Å². The highest BCUT2D eigenvalue weighted by Crippen LogP contribution is 2.21. The first kappa shape index (κ1) is 11.4. The van der Waals surface area contributed by atoms with Crippen LogP contribution in [0.3, 0.4) is 0 Å². The summed E-state index contributed by atoms with van der Waals surface area (Å²) in [5.41, 5.74) is 1.84. The Morgan fingerprint density at radius 3 is 3.00 bits per heavy atom. The predicted molar refractivity (Wildman–Crippen MR) is 65.8 cm³/mol. The number of nitrogens with one attached hydrogen (secondary N) is 2. The van der Waals surface area contributed by atoms with E-state index in [1.165, 1.54) is 0 Å². The molecule has 1 amide bonds. The van der Waals surface area contributed by atoms with Crippen LogP contribution in [0.2, 0.25) is 5.02 Å². The zero-order chi connectivity index (χ0) is 11.5. The molecule has 1 heterocycles. The molecule has 2 rings (SSSR count). The monoisotopic (exact) mass is 238 g/mol. The zero-order valence-corrected chi connectivity index (χ0v) is 9.97. The number of hydrogen-bond acceptors (Lipinski definition) is 2. The second-order valence-corrected chi connectivity index (χ2v) is 4.57. The Kier molecular flexibility index (Phi) is 3.46. The van der Waals surface area contributed by atoms with Gasteiger partial charge in [-0.05, 0) is 43.7 Å². The molecule has 1 fully saturated rings. The van der Waals surface area contributed by atoms with Gasteiger partial charge in [0.15, 0.2) is 0 Å². The van der Waals surface area contributed by atoms with Gasteiger partial charge in [0.2, 0.25) is 5.91 Å². The van der Waals surface area contributed by atoms with Gasteiger partial charge in [-0.25, -0.2) is 0 Å². The van der Waals surface area contributed by atoms with Crippen molar-refractivity contribution >= 4 is 23.2 Å². The molecule has 1 aromatic carbocycles. The first-order valence-electron chi connectivity index (χ1n) is 5.44. The van der Waals surface area contributed by atoms with E-state index in [1.807, 2.05) is 19.1 Å². The summed E-state index contributed by atoms with van der Waals surface area (Å²) in [7, 11) is 0. The Bertz CT molecular complexity index is 400. The minimum absolute atomic E-state index is 0.0927. The number of carbonyl (C=O) groups is 1. The molecule has 1 aromatic rings. The summed E-state index contributed by atoms with van der Waals surface area (Å²) in [6.45, 7) is 3.64. The standard InChI is InChI=1S/C12H15ClN2O/c1-8-6-10(13)2-3-11(8)15-12(16)9-4-5-14-7-9/h2-3,6,9,14H,4-5,7H2,1H3,(H,15,16). The van der Waals surface area contributed by atoms with E-state index < -0.39 is 0 Å². The van der Waals surface area contributed by atoms with Crippen molar-refractivity contribution in [1.82, 2.24) is 5.32 Å². The smallest absolute Gasteiger partial charge is 0.228 e. The number of rotatable bonds is 2. The number of anilines is 1. The summed E-state index contributed by atoms with van der Waals surface area (Å²) in [5.74, 6) is 0.186. The number of halogens is 1. The van der Waals surface area contributed by atoms with Gasteiger partial charge in [-0.3, -0.25) is 4.79 Å². The van der Waals surface area contributed by atoms with Crippen molar-refractivity contribution in [3.63, 3.8) is 0 Å². The molecule has 16 heavy (non-hydrogen) atoms.